The van der Waals surface area contributed by atoms with Gasteiger partial charge in [0.05, 0.1) is 13.2 Å². The van der Waals surface area contributed by atoms with Crippen LogP contribution >= 0.6 is 0 Å². The van der Waals surface area contributed by atoms with Crippen molar-refractivity contribution in [2.45, 2.75) is 13.0 Å². The molecule has 6 heteroatoms. The molecule has 16 heavy (non-hydrogen) atoms. The first-order valence-corrected chi connectivity index (χ1v) is 5.04. The number of aliphatic carboxylic acids is 1. The lowest BCUT2D eigenvalue weighted by molar-refractivity contribution is -0.131. The summed E-state index contributed by atoms with van der Waals surface area (Å²) in [6.07, 6.45) is 1.29. The highest BCUT2D eigenvalue weighted by atomic mass is 16.6. The van der Waals surface area contributed by atoms with Crippen LogP contribution in [-0.4, -0.2) is 54.5 Å². The maximum atomic E-state index is 11.5. The number of carboxylic acids is 1. The lowest BCUT2D eigenvalue weighted by Gasteiger charge is -2.26. The van der Waals surface area contributed by atoms with Gasteiger partial charge < -0.3 is 19.5 Å². The molecule has 0 saturated carbocycles. The largest absolute Gasteiger partial charge is 0.478 e. The summed E-state index contributed by atoms with van der Waals surface area (Å²) in [5.74, 6) is -1.06. The van der Waals surface area contributed by atoms with Crippen molar-refractivity contribution in [1.82, 2.24) is 4.90 Å². The molecule has 1 aliphatic heterocycles. The standard InChI is InChI=1S/C10H15NO5/c1-8(2-3-9(12)13)16-10(14)11-4-6-15-7-5-11/h2-3,8H,4-7H2,1H3,(H,12,13)/t8-/m0/s1. The van der Waals surface area contributed by atoms with E-state index in [1.54, 1.807) is 6.92 Å². The van der Waals surface area contributed by atoms with Gasteiger partial charge in [-0.2, -0.15) is 0 Å². The quantitative estimate of drug-likeness (QED) is 0.712. The fourth-order valence-corrected chi connectivity index (χ4v) is 1.24. The van der Waals surface area contributed by atoms with E-state index < -0.39 is 18.2 Å². The van der Waals surface area contributed by atoms with Crippen molar-refractivity contribution < 1.29 is 24.2 Å². The number of nitrogens with zero attached hydrogens (tertiary/aromatic N) is 1. The lowest BCUT2D eigenvalue weighted by Crippen LogP contribution is -2.41. The minimum Gasteiger partial charge on any atom is -0.478 e. The number of ether oxygens (including phenoxy) is 2. The number of morpholine rings is 1. The lowest BCUT2D eigenvalue weighted by atomic mass is 10.3. The van der Waals surface area contributed by atoms with Gasteiger partial charge in [-0.15, -0.1) is 0 Å². The molecule has 1 amide bonds. The Morgan fingerprint density at radius 1 is 1.44 bits per heavy atom. The van der Waals surface area contributed by atoms with Gasteiger partial charge in [0.25, 0.3) is 0 Å². The summed E-state index contributed by atoms with van der Waals surface area (Å²) < 4.78 is 10.1. The monoisotopic (exact) mass is 229 g/mol. The average Bonchev–Trinajstić information content (AvgIpc) is 2.27. The van der Waals surface area contributed by atoms with Crippen LogP contribution in [0.3, 0.4) is 0 Å². The first-order chi connectivity index (χ1) is 7.59. The summed E-state index contributed by atoms with van der Waals surface area (Å²) in [5.41, 5.74) is 0. The molecule has 1 N–H and O–H groups in total. The SMILES string of the molecule is C[C@@H](C=CC(=O)O)OC(=O)N1CCOCC1. The maximum Gasteiger partial charge on any atom is 0.410 e. The van der Waals surface area contributed by atoms with Crippen LogP contribution in [0.4, 0.5) is 4.79 Å². The van der Waals surface area contributed by atoms with E-state index in [0.29, 0.717) is 26.3 Å². The maximum absolute atomic E-state index is 11.5. The Kier molecular flexibility index (Phi) is 4.78. The normalized spacial score (nSPS) is 18.4. The van der Waals surface area contributed by atoms with E-state index in [2.05, 4.69) is 0 Å². The number of hydrogen-bond acceptors (Lipinski definition) is 4. The van der Waals surface area contributed by atoms with Crippen LogP contribution in [0.1, 0.15) is 6.92 Å². The zero-order valence-corrected chi connectivity index (χ0v) is 9.09. The fraction of sp³-hybridized carbons (Fsp3) is 0.600. The van der Waals surface area contributed by atoms with E-state index in [1.807, 2.05) is 0 Å². The number of carbonyl (C=O) groups excluding carboxylic acids is 1. The van der Waals surface area contributed by atoms with Crippen LogP contribution in [-0.2, 0) is 14.3 Å². The molecule has 1 saturated heterocycles. The zero-order chi connectivity index (χ0) is 12.0. The first-order valence-electron chi connectivity index (χ1n) is 5.04. The minimum absolute atomic E-state index is 0.439. The Bertz CT molecular complexity index is 283. The molecule has 0 radical (unpaired) electrons. The highest BCUT2D eigenvalue weighted by molar-refractivity contribution is 5.79. The van der Waals surface area contributed by atoms with Gasteiger partial charge in [-0.1, -0.05) is 0 Å². The third-order valence-corrected chi connectivity index (χ3v) is 2.07. The second-order valence-corrected chi connectivity index (χ2v) is 3.39. The van der Waals surface area contributed by atoms with Crippen molar-refractivity contribution in [3.63, 3.8) is 0 Å². The van der Waals surface area contributed by atoms with E-state index in [9.17, 15) is 9.59 Å². The van der Waals surface area contributed by atoms with Crippen molar-refractivity contribution in [1.29, 1.82) is 0 Å². The molecule has 0 aliphatic carbocycles. The first kappa shape index (κ1) is 12.5. The molecule has 0 aromatic heterocycles. The van der Waals surface area contributed by atoms with Gasteiger partial charge in [-0.25, -0.2) is 9.59 Å². The topological polar surface area (TPSA) is 76.1 Å². The molecule has 90 valence electrons. The summed E-state index contributed by atoms with van der Waals surface area (Å²) >= 11 is 0. The number of amides is 1. The van der Waals surface area contributed by atoms with Crippen molar-refractivity contribution >= 4 is 12.1 Å². The minimum atomic E-state index is -1.06. The molecule has 1 atom stereocenters. The number of carbonyl (C=O) groups is 2. The van der Waals surface area contributed by atoms with E-state index >= 15 is 0 Å². The number of carboxylic acid groups (broad SMARTS) is 1. The Morgan fingerprint density at radius 3 is 2.62 bits per heavy atom. The second-order valence-electron chi connectivity index (χ2n) is 3.39. The van der Waals surface area contributed by atoms with E-state index in [-0.39, 0.29) is 0 Å². The summed E-state index contributed by atoms with van der Waals surface area (Å²) in [4.78, 5) is 23.3. The van der Waals surface area contributed by atoms with Crippen LogP contribution in [0.5, 0.6) is 0 Å². The van der Waals surface area contributed by atoms with Crippen molar-refractivity contribution in [2.75, 3.05) is 26.3 Å². The predicted molar refractivity (Wildman–Crippen MR) is 55.1 cm³/mol. The molecule has 1 heterocycles. The van der Waals surface area contributed by atoms with E-state index in [4.69, 9.17) is 14.6 Å². The summed E-state index contributed by atoms with van der Waals surface area (Å²) in [7, 11) is 0. The third kappa shape index (κ3) is 4.31. The summed E-state index contributed by atoms with van der Waals surface area (Å²) in [5, 5.41) is 8.39. The summed E-state index contributed by atoms with van der Waals surface area (Å²) in [6, 6.07) is 0. The molecule has 0 aromatic carbocycles. The Labute approximate surface area is 93.4 Å². The van der Waals surface area contributed by atoms with Crippen molar-refractivity contribution in [3.05, 3.63) is 12.2 Å². The Hall–Kier alpha value is -1.56. The highest BCUT2D eigenvalue weighted by Gasteiger charge is 2.19. The Morgan fingerprint density at radius 2 is 2.06 bits per heavy atom. The molecule has 1 fully saturated rings. The van der Waals surface area contributed by atoms with Crippen LogP contribution in [0.25, 0.3) is 0 Å². The molecule has 6 nitrogen and oxygen atoms in total. The van der Waals surface area contributed by atoms with Gasteiger partial charge in [0.2, 0.25) is 0 Å². The average molecular weight is 229 g/mol. The van der Waals surface area contributed by atoms with Crippen molar-refractivity contribution in [3.8, 4) is 0 Å². The molecule has 0 spiro atoms. The smallest absolute Gasteiger partial charge is 0.410 e. The number of rotatable bonds is 3. The molecule has 0 aromatic rings. The van der Waals surface area contributed by atoms with Gasteiger partial charge in [-0.3, -0.25) is 0 Å². The molecule has 1 rings (SSSR count). The van der Waals surface area contributed by atoms with Gasteiger partial charge >= 0.3 is 12.1 Å². The van der Waals surface area contributed by atoms with Crippen LogP contribution in [0, 0.1) is 0 Å². The molecule has 0 unspecified atom stereocenters. The highest BCUT2D eigenvalue weighted by Crippen LogP contribution is 2.03. The fourth-order valence-electron chi connectivity index (χ4n) is 1.24. The molecular weight excluding hydrogens is 214 g/mol. The van der Waals surface area contributed by atoms with Gasteiger partial charge in [0.1, 0.15) is 6.10 Å². The molecular formula is C10H15NO5. The van der Waals surface area contributed by atoms with Crippen LogP contribution in [0.15, 0.2) is 12.2 Å². The van der Waals surface area contributed by atoms with Crippen molar-refractivity contribution in [2.24, 2.45) is 0 Å². The van der Waals surface area contributed by atoms with Crippen LogP contribution in [0.2, 0.25) is 0 Å². The predicted octanol–water partition coefficient (Wildman–Crippen LogP) is 0.484. The van der Waals surface area contributed by atoms with Gasteiger partial charge in [0.15, 0.2) is 0 Å². The molecule has 1 aliphatic rings. The zero-order valence-electron chi connectivity index (χ0n) is 9.09. The third-order valence-electron chi connectivity index (χ3n) is 2.07. The van der Waals surface area contributed by atoms with Gasteiger partial charge in [-0.05, 0) is 13.0 Å². The van der Waals surface area contributed by atoms with Crippen LogP contribution < -0.4 is 0 Å². The molecule has 0 bridgehead atoms. The summed E-state index contributed by atoms with van der Waals surface area (Å²) in [6.45, 7) is 3.64. The second kappa shape index (κ2) is 6.12. The van der Waals surface area contributed by atoms with E-state index in [0.717, 1.165) is 6.08 Å². The van der Waals surface area contributed by atoms with E-state index in [1.165, 1.54) is 11.0 Å². The van der Waals surface area contributed by atoms with Gasteiger partial charge in [0, 0.05) is 19.2 Å². The Balaban J connectivity index is 2.34. The number of hydrogen-bond donors (Lipinski definition) is 1.